The minimum Gasteiger partial charge on any atom is -0.356 e. The van der Waals surface area contributed by atoms with Crippen LogP contribution in [-0.2, 0) is 4.79 Å². The lowest BCUT2D eigenvalue weighted by molar-refractivity contribution is -0.121. The lowest BCUT2D eigenvalue weighted by Gasteiger charge is -2.05. The molecule has 0 spiro atoms. The van der Waals surface area contributed by atoms with E-state index in [4.69, 9.17) is 0 Å². The fourth-order valence-corrected chi connectivity index (χ4v) is 1.02. The molecule has 0 bridgehead atoms. The minimum absolute atomic E-state index is 0.215. The topological polar surface area (TPSA) is 29.1 Å². The maximum Gasteiger partial charge on any atom is 0.220 e. The quantitative estimate of drug-likeness (QED) is 0.656. The molecule has 1 aliphatic rings. The normalized spacial score (nSPS) is 17.0. The average Bonchev–Trinajstić information content (AvgIpc) is 2.63. The second-order valence-electron chi connectivity index (χ2n) is 3.85. The van der Waals surface area contributed by atoms with Crippen molar-refractivity contribution in [1.82, 2.24) is 5.32 Å². The van der Waals surface area contributed by atoms with Crippen molar-refractivity contribution < 1.29 is 4.79 Å². The van der Waals surface area contributed by atoms with Gasteiger partial charge in [-0.25, -0.2) is 0 Å². The zero-order valence-corrected chi connectivity index (χ0v) is 7.39. The first-order chi connectivity index (χ1) is 5.18. The van der Waals surface area contributed by atoms with E-state index < -0.39 is 0 Å². The summed E-state index contributed by atoms with van der Waals surface area (Å²) in [5, 5.41) is 2.94. The molecule has 1 fully saturated rings. The van der Waals surface area contributed by atoms with Crippen LogP contribution >= 0.6 is 0 Å². The van der Waals surface area contributed by atoms with Gasteiger partial charge in [0.2, 0.25) is 5.91 Å². The van der Waals surface area contributed by atoms with Gasteiger partial charge in [-0.1, -0.05) is 13.8 Å². The second-order valence-corrected chi connectivity index (χ2v) is 3.85. The Morgan fingerprint density at radius 3 is 2.64 bits per heavy atom. The highest BCUT2D eigenvalue weighted by Crippen LogP contribution is 2.27. The number of carbonyl (C=O) groups is 1. The van der Waals surface area contributed by atoms with Gasteiger partial charge in [-0.05, 0) is 24.7 Å². The van der Waals surface area contributed by atoms with E-state index in [9.17, 15) is 4.79 Å². The van der Waals surface area contributed by atoms with Crippen LogP contribution in [0.5, 0.6) is 0 Å². The summed E-state index contributed by atoms with van der Waals surface area (Å²) in [5.74, 6) is 1.49. The third-order valence-corrected chi connectivity index (χ3v) is 1.88. The van der Waals surface area contributed by atoms with Crippen molar-refractivity contribution in [2.24, 2.45) is 11.8 Å². The lowest BCUT2D eigenvalue weighted by Crippen LogP contribution is -2.26. The molecule has 0 unspecified atom stereocenters. The molecule has 0 aromatic carbocycles. The van der Waals surface area contributed by atoms with Crippen molar-refractivity contribution in [3.8, 4) is 0 Å². The van der Waals surface area contributed by atoms with Crippen molar-refractivity contribution in [1.29, 1.82) is 0 Å². The van der Waals surface area contributed by atoms with E-state index in [0.717, 1.165) is 12.5 Å². The maximum atomic E-state index is 11.1. The van der Waals surface area contributed by atoms with Crippen molar-refractivity contribution in [3.05, 3.63) is 0 Å². The number of hydrogen-bond acceptors (Lipinski definition) is 1. The Labute approximate surface area is 68.4 Å². The van der Waals surface area contributed by atoms with E-state index in [-0.39, 0.29) is 5.91 Å². The highest BCUT2D eigenvalue weighted by atomic mass is 16.1. The molecule has 0 heterocycles. The minimum atomic E-state index is 0.215. The van der Waals surface area contributed by atoms with Gasteiger partial charge in [0.05, 0.1) is 0 Å². The van der Waals surface area contributed by atoms with Crippen LogP contribution in [-0.4, -0.2) is 12.5 Å². The number of amides is 1. The van der Waals surface area contributed by atoms with Gasteiger partial charge in [0.1, 0.15) is 0 Å². The molecule has 0 atom stereocenters. The molecular formula is C9H17NO. The Bertz CT molecular complexity index is 138. The zero-order chi connectivity index (χ0) is 8.27. The Kier molecular flexibility index (Phi) is 2.92. The third kappa shape index (κ3) is 4.02. The van der Waals surface area contributed by atoms with E-state index in [2.05, 4.69) is 19.2 Å². The number of rotatable bonds is 4. The van der Waals surface area contributed by atoms with E-state index in [1.165, 1.54) is 12.8 Å². The van der Waals surface area contributed by atoms with E-state index >= 15 is 0 Å². The molecule has 1 aliphatic carbocycles. The van der Waals surface area contributed by atoms with Crippen LogP contribution in [0.3, 0.4) is 0 Å². The van der Waals surface area contributed by atoms with Crippen LogP contribution in [0, 0.1) is 11.8 Å². The van der Waals surface area contributed by atoms with Gasteiger partial charge in [-0.3, -0.25) is 4.79 Å². The summed E-state index contributed by atoms with van der Waals surface area (Å²) in [7, 11) is 0. The summed E-state index contributed by atoms with van der Waals surface area (Å²) in [5.41, 5.74) is 0. The maximum absolute atomic E-state index is 11.1. The van der Waals surface area contributed by atoms with Gasteiger partial charge in [0, 0.05) is 13.0 Å². The molecule has 64 valence electrons. The Morgan fingerprint density at radius 1 is 1.55 bits per heavy atom. The summed E-state index contributed by atoms with van der Waals surface area (Å²) in [6.07, 6.45) is 3.29. The predicted molar refractivity (Wildman–Crippen MR) is 45.2 cm³/mol. The van der Waals surface area contributed by atoms with Crippen LogP contribution in [0.1, 0.15) is 33.1 Å². The molecule has 2 heteroatoms. The van der Waals surface area contributed by atoms with Gasteiger partial charge in [0.15, 0.2) is 0 Å². The molecule has 1 amide bonds. The lowest BCUT2D eigenvalue weighted by atomic mass is 10.1. The molecule has 0 saturated heterocycles. The van der Waals surface area contributed by atoms with Crippen molar-refractivity contribution >= 4 is 5.91 Å². The molecule has 1 N–H and O–H groups in total. The number of hydrogen-bond donors (Lipinski definition) is 1. The highest BCUT2D eigenvalue weighted by molar-refractivity contribution is 5.76. The van der Waals surface area contributed by atoms with Crippen molar-refractivity contribution in [2.45, 2.75) is 33.1 Å². The average molecular weight is 155 g/mol. The van der Waals surface area contributed by atoms with Gasteiger partial charge in [-0.15, -0.1) is 0 Å². The smallest absolute Gasteiger partial charge is 0.220 e. The van der Waals surface area contributed by atoms with Crippen LogP contribution in [0.2, 0.25) is 0 Å². The first-order valence-corrected chi connectivity index (χ1v) is 4.45. The van der Waals surface area contributed by atoms with E-state index in [0.29, 0.717) is 12.3 Å². The second kappa shape index (κ2) is 3.74. The molecule has 0 radical (unpaired) electrons. The van der Waals surface area contributed by atoms with Gasteiger partial charge < -0.3 is 5.32 Å². The first kappa shape index (κ1) is 8.57. The van der Waals surface area contributed by atoms with Gasteiger partial charge >= 0.3 is 0 Å². The molecule has 0 aromatic rings. The SMILES string of the molecule is CC(C)CC(=O)NCC1CC1. The fourth-order valence-electron chi connectivity index (χ4n) is 1.02. The Balaban J connectivity index is 2.00. The van der Waals surface area contributed by atoms with Crippen LogP contribution < -0.4 is 5.32 Å². The van der Waals surface area contributed by atoms with Gasteiger partial charge in [0.25, 0.3) is 0 Å². The Hall–Kier alpha value is -0.530. The van der Waals surface area contributed by atoms with Crippen molar-refractivity contribution in [3.63, 3.8) is 0 Å². The molecular weight excluding hydrogens is 138 g/mol. The largest absolute Gasteiger partial charge is 0.356 e. The molecule has 0 aliphatic heterocycles. The van der Waals surface area contributed by atoms with Crippen LogP contribution in [0.25, 0.3) is 0 Å². The molecule has 11 heavy (non-hydrogen) atoms. The van der Waals surface area contributed by atoms with Crippen LogP contribution in [0.15, 0.2) is 0 Å². The standard InChI is InChI=1S/C9H17NO/c1-7(2)5-9(11)10-6-8-3-4-8/h7-8H,3-6H2,1-2H3,(H,10,11). The van der Waals surface area contributed by atoms with E-state index in [1.807, 2.05) is 0 Å². The summed E-state index contributed by atoms with van der Waals surface area (Å²) in [6.45, 7) is 5.04. The summed E-state index contributed by atoms with van der Waals surface area (Å²) < 4.78 is 0. The molecule has 1 saturated carbocycles. The predicted octanol–water partition coefficient (Wildman–Crippen LogP) is 1.56. The number of carbonyl (C=O) groups excluding carboxylic acids is 1. The summed E-state index contributed by atoms with van der Waals surface area (Å²) in [6, 6.07) is 0. The van der Waals surface area contributed by atoms with E-state index in [1.54, 1.807) is 0 Å². The fraction of sp³-hybridized carbons (Fsp3) is 0.889. The Morgan fingerprint density at radius 2 is 2.18 bits per heavy atom. The number of nitrogens with one attached hydrogen (secondary N) is 1. The van der Waals surface area contributed by atoms with Crippen LogP contribution in [0.4, 0.5) is 0 Å². The summed E-state index contributed by atoms with van der Waals surface area (Å²) >= 11 is 0. The monoisotopic (exact) mass is 155 g/mol. The van der Waals surface area contributed by atoms with Gasteiger partial charge in [-0.2, -0.15) is 0 Å². The first-order valence-electron chi connectivity index (χ1n) is 4.45. The summed E-state index contributed by atoms with van der Waals surface area (Å²) in [4.78, 5) is 11.1. The molecule has 1 rings (SSSR count). The highest BCUT2D eigenvalue weighted by Gasteiger charge is 2.21. The molecule has 2 nitrogen and oxygen atoms in total. The zero-order valence-electron chi connectivity index (χ0n) is 7.39. The molecule has 0 aromatic heterocycles. The van der Waals surface area contributed by atoms with Crippen molar-refractivity contribution in [2.75, 3.05) is 6.54 Å². The third-order valence-electron chi connectivity index (χ3n) is 1.88.